The zero-order valence-corrected chi connectivity index (χ0v) is 12.3. The molecular formula is C16H17NO2S. The highest BCUT2D eigenvalue weighted by atomic mass is 32.1. The van der Waals surface area contributed by atoms with Crippen LogP contribution in [0.1, 0.15) is 40.4 Å². The van der Waals surface area contributed by atoms with Gasteiger partial charge in [-0.05, 0) is 25.3 Å². The minimum atomic E-state index is -0.147. The molecule has 0 saturated heterocycles. The standard InChI is InChI=1S/C16H17NO2S/c1-2-19-16(18)12-8-9-13-15(12)17-14(20-13)10-11-6-4-3-5-7-11/h3-7,12H,2,8-10H2,1H3. The van der Waals surface area contributed by atoms with Crippen LogP contribution in [0.2, 0.25) is 0 Å². The number of nitrogens with zero attached hydrogens (tertiary/aromatic N) is 1. The molecule has 0 aliphatic heterocycles. The number of hydrogen-bond donors (Lipinski definition) is 0. The summed E-state index contributed by atoms with van der Waals surface area (Å²) in [5.41, 5.74) is 2.21. The molecule has 1 aromatic heterocycles. The van der Waals surface area contributed by atoms with Crippen LogP contribution >= 0.6 is 11.3 Å². The second-order valence-electron chi connectivity index (χ2n) is 4.92. The SMILES string of the molecule is CCOC(=O)C1CCc2sc(Cc3ccccc3)nc21. The molecule has 0 spiro atoms. The first-order valence-corrected chi connectivity index (χ1v) is 7.78. The minimum absolute atomic E-state index is 0.122. The van der Waals surface area contributed by atoms with Gasteiger partial charge in [0.25, 0.3) is 0 Å². The van der Waals surface area contributed by atoms with Gasteiger partial charge in [-0.1, -0.05) is 30.3 Å². The van der Waals surface area contributed by atoms with E-state index in [9.17, 15) is 4.79 Å². The second kappa shape index (κ2) is 5.75. The van der Waals surface area contributed by atoms with E-state index in [0.717, 1.165) is 30.0 Å². The number of aryl methyl sites for hydroxylation is 1. The van der Waals surface area contributed by atoms with Gasteiger partial charge in [-0.25, -0.2) is 4.98 Å². The fraction of sp³-hybridized carbons (Fsp3) is 0.375. The van der Waals surface area contributed by atoms with Crippen molar-refractivity contribution in [3.8, 4) is 0 Å². The summed E-state index contributed by atoms with van der Waals surface area (Å²) in [7, 11) is 0. The molecule has 1 aliphatic rings. The van der Waals surface area contributed by atoms with Gasteiger partial charge in [0.2, 0.25) is 0 Å². The van der Waals surface area contributed by atoms with Crippen LogP contribution in [0, 0.1) is 0 Å². The van der Waals surface area contributed by atoms with Crippen molar-refractivity contribution in [3.63, 3.8) is 0 Å². The Bertz CT molecular complexity index is 606. The first-order valence-electron chi connectivity index (χ1n) is 6.97. The number of esters is 1. The summed E-state index contributed by atoms with van der Waals surface area (Å²) in [5, 5.41) is 1.09. The van der Waals surface area contributed by atoms with Crippen molar-refractivity contribution >= 4 is 17.3 Å². The van der Waals surface area contributed by atoms with E-state index in [-0.39, 0.29) is 11.9 Å². The lowest BCUT2D eigenvalue weighted by molar-refractivity contribution is -0.145. The van der Waals surface area contributed by atoms with Crippen LogP contribution in [0.5, 0.6) is 0 Å². The lowest BCUT2D eigenvalue weighted by Gasteiger charge is -2.07. The van der Waals surface area contributed by atoms with E-state index in [4.69, 9.17) is 4.74 Å². The van der Waals surface area contributed by atoms with Gasteiger partial charge < -0.3 is 4.74 Å². The molecule has 0 saturated carbocycles. The van der Waals surface area contributed by atoms with E-state index in [1.54, 1.807) is 11.3 Å². The Morgan fingerprint density at radius 2 is 2.20 bits per heavy atom. The summed E-state index contributed by atoms with van der Waals surface area (Å²) >= 11 is 1.74. The highest BCUT2D eigenvalue weighted by molar-refractivity contribution is 7.11. The number of hydrogen-bond acceptors (Lipinski definition) is 4. The molecule has 0 N–H and O–H groups in total. The summed E-state index contributed by atoms with van der Waals surface area (Å²) < 4.78 is 5.14. The Morgan fingerprint density at radius 3 is 2.95 bits per heavy atom. The van der Waals surface area contributed by atoms with Gasteiger partial charge in [-0.15, -0.1) is 11.3 Å². The van der Waals surface area contributed by atoms with E-state index in [1.807, 2.05) is 25.1 Å². The lowest BCUT2D eigenvalue weighted by atomic mass is 10.1. The van der Waals surface area contributed by atoms with Crippen LogP contribution in [-0.2, 0) is 22.4 Å². The topological polar surface area (TPSA) is 39.2 Å². The number of carbonyl (C=O) groups excluding carboxylic acids is 1. The predicted octanol–water partition coefficient (Wildman–Crippen LogP) is 3.33. The Balaban J connectivity index is 1.78. The molecule has 0 radical (unpaired) electrons. The minimum Gasteiger partial charge on any atom is -0.465 e. The van der Waals surface area contributed by atoms with Gasteiger partial charge in [0.15, 0.2) is 0 Å². The molecule has 1 aromatic carbocycles. The molecule has 1 unspecified atom stereocenters. The summed E-state index contributed by atoms with van der Waals surface area (Å²) in [6.45, 7) is 2.28. The smallest absolute Gasteiger partial charge is 0.315 e. The molecule has 0 fully saturated rings. The molecule has 4 heteroatoms. The zero-order valence-electron chi connectivity index (χ0n) is 11.5. The van der Waals surface area contributed by atoms with Gasteiger partial charge in [0.1, 0.15) is 5.92 Å². The maximum atomic E-state index is 11.9. The molecule has 0 bridgehead atoms. The quantitative estimate of drug-likeness (QED) is 0.810. The first kappa shape index (κ1) is 13.3. The third-order valence-electron chi connectivity index (χ3n) is 3.53. The summed E-state index contributed by atoms with van der Waals surface area (Å²) in [6.07, 6.45) is 2.64. The zero-order chi connectivity index (χ0) is 13.9. The molecule has 20 heavy (non-hydrogen) atoms. The average molecular weight is 287 g/mol. The van der Waals surface area contributed by atoms with Gasteiger partial charge in [0.05, 0.1) is 17.3 Å². The van der Waals surface area contributed by atoms with Crippen LogP contribution < -0.4 is 0 Å². The van der Waals surface area contributed by atoms with Crippen molar-refractivity contribution in [3.05, 3.63) is 51.5 Å². The van der Waals surface area contributed by atoms with Crippen LogP contribution in [0.25, 0.3) is 0 Å². The highest BCUT2D eigenvalue weighted by Gasteiger charge is 2.33. The Morgan fingerprint density at radius 1 is 1.40 bits per heavy atom. The predicted molar refractivity (Wildman–Crippen MR) is 79.1 cm³/mol. The van der Waals surface area contributed by atoms with Crippen LogP contribution in [0.4, 0.5) is 0 Å². The van der Waals surface area contributed by atoms with E-state index in [2.05, 4.69) is 17.1 Å². The van der Waals surface area contributed by atoms with Crippen molar-refractivity contribution < 1.29 is 9.53 Å². The van der Waals surface area contributed by atoms with E-state index >= 15 is 0 Å². The summed E-state index contributed by atoms with van der Waals surface area (Å²) in [4.78, 5) is 17.9. The molecule has 104 valence electrons. The Labute approximate surface area is 122 Å². The molecule has 3 nitrogen and oxygen atoms in total. The van der Waals surface area contributed by atoms with E-state index in [0.29, 0.717) is 6.61 Å². The fourth-order valence-electron chi connectivity index (χ4n) is 2.60. The molecular weight excluding hydrogens is 270 g/mol. The monoisotopic (exact) mass is 287 g/mol. The van der Waals surface area contributed by atoms with Gasteiger partial charge in [0, 0.05) is 11.3 Å². The van der Waals surface area contributed by atoms with Crippen LogP contribution in [0.3, 0.4) is 0 Å². The normalized spacial score (nSPS) is 16.9. The third-order valence-corrected chi connectivity index (χ3v) is 4.66. The summed E-state index contributed by atoms with van der Waals surface area (Å²) in [5.74, 6) is -0.270. The van der Waals surface area contributed by atoms with E-state index < -0.39 is 0 Å². The van der Waals surface area contributed by atoms with Crippen molar-refractivity contribution in [2.75, 3.05) is 6.61 Å². The molecule has 0 amide bonds. The first-order chi connectivity index (χ1) is 9.78. The second-order valence-corrected chi connectivity index (χ2v) is 6.09. The Kier molecular flexibility index (Phi) is 3.83. The molecule has 1 heterocycles. The van der Waals surface area contributed by atoms with Crippen molar-refractivity contribution in [2.45, 2.75) is 32.1 Å². The molecule has 3 rings (SSSR count). The summed E-state index contributed by atoms with van der Waals surface area (Å²) in [6, 6.07) is 10.3. The lowest BCUT2D eigenvalue weighted by Crippen LogP contribution is -2.14. The largest absolute Gasteiger partial charge is 0.465 e. The number of fused-ring (bicyclic) bond motifs is 1. The van der Waals surface area contributed by atoms with Crippen molar-refractivity contribution in [2.24, 2.45) is 0 Å². The van der Waals surface area contributed by atoms with Crippen molar-refractivity contribution in [1.29, 1.82) is 0 Å². The number of carbonyl (C=O) groups is 1. The van der Waals surface area contributed by atoms with Crippen LogP contribution in [-0.4, -0.2) is 17.6 Å². The number of benzene rings is 1. The molecule has 2 aromatic rings. The molecule has 1 atom stereocenters. The molecule has 1 aliphatic carbocycles. The van der Waals surface area contributed by atoms with E-state index in [1.165, 1.54) is 10.4 Å². The average Bonchev–Trinajstić information content (AvgIpc) is 2.99. The van der Waals surface area contributed by atoms with Gasteiger partial charge >= 0.3 is 5.97 Å². The maximum absolute atomic E-state index is 11.9. The van der Waals surface area contributed by atoms with Gasteiger partial charge in [-0.3, -0.25) is 4.79 Å². The number of aromatic nitrogens is 1. The van der Waals surface area contributed by atoms with Gasteiger partial charge in [-0.2, -0.15) is 0 Å². The fourth-order valence-corrected chi connectivity index (χ4v) is 3.78. The maximum Gasteiger partial charge on any atom is 0.315 e. The number of rotatable bonds is 4. The van der Waals surface area contributed by atoms with Crippen LogP contribution in [0.15, 0.2) is 30.3 Å². The number of ether oxygens (including phenoxy) is 1. The Hall–Kier alpha value is -1.68. The van der Waals surface area contributed by atoms with Crippen molar-refractivity contribution in [1.82, 2.24) is 4.98 Å². The number of thiazole rings is 1. The highest BCUT2D eigenvalue weighted by Crippen LogP contribution is 2.37. The third kappa shape index (κ3) is 2.61.